The van der Waals surface area contributed by atoms with Crippen molar-refractivity contribution in [3.8, 4) is 0 Å². The Morgan fingerprint density at radius 3 is 2.45 bits per heavy atom. The zero-order chi connectivity index (χ0) is 14.3. The van der Waals surface area contributed by atoms with Crippen LogP contribution in [0, 0.1) is 18.3 Å². The highest BCUT2D eigenvalue weighted by molar-refractivity contribution is 6.02. The number of nitrogens with one attached hydrogen (secondary N) is 1. The number of imide groups is 1. The molecule has 1 saturated carbocycles. The number of piperidine rings is 1. The van der Waals surface area contributed by atoms with Crippen LogP contribution in [0.5, 0.6) is 0 Å². The van der Waals surface area contributed by atoms with Crippen molar-refractivity contribution in [2.24, 2.45) is 11.3 Å². The van der Waals surface area contributed by atoms with E-state index in [-0.39, 0.29) is 23.1 Å². The fourth-order valence-electron chi connectivity index (χ4n) is 3.52. The monoisotopic (exact) mass is 271 g/mol. The minimum absolute atomic E-state index is 0.124. The second kappa shape index (κ2) is 4.72. The van der Waals surface area contributed by atoms with Crippen molar-refractivity contribution in [1.82, 2.24) is 5.32 Å². The zero-order valence-corrected chi connectivity index (χ0v) is 12.1. The summed E-state index contributed by atoms with van der Waals surface area (Å²) in [6.07, 6.45) is 3.91. The minimum Gasteiger partial charge on any atom is -0.296 e. The van der Waals surface area contributed by atoms with E-state index in [0.29, 0.717) is 12.3 Å². The number of rotatable bonds is 3. The molecular formula is C17H21NO2. The first-order chi connectivity index (χ1) is 9.48. The summed E-state index contributed by atoms with van der Waals surface area (Å²) in [5.41, 5.74) is 1.98. The summed E-state index contributed by atoms with van der Waals surface area (Å²) < 4.78 is 0. The summed E-state index contributed by atoms with van der Waals surface area (Å²) in [5, 5.41) is 2.51. The van der Waals surface area contributed by atoms with E-state index >= 15 is 0 Å². The molecule has 1 aromatic carbocycles. The molecule has 106 valence electrons. The molecule has 2 atom stereocenters. The Kier molecular flexibility index (Phi) is 3.15. The molecule has 1 aliphatic carbocycles. The Morgan fingerprint density at radius 1 is 1.20 bits per heavy atom. The number of aryl methyl sites for hydroxylation is 1. The lowest BCUT2D eigenvalue weighted by molar-refractivity contribution is -0.139. The number of benzene rings is 1. The molecule has 2 unspecified atom stereocenters. The Bertz CT molecular complexity index is 545. The average molecular weight is 271 g/mol. The molecule has 0 spiro atoms. The van der Waals surface area contributed by atoms with Crippen molar-refractivity contribution in [1.29, 1.82) is 0 Å². The van der Waals surface area contributed by atoms with Crippen molar-refractivity contribution in [3.05, 3.63) is 35.4 Å². The lowest BCUT2D eigenvalue weighted by Gasteiger charge is -2.40. The molecule has 1 aliphatic heterocycles. The quantitative estimate of drug-likeness (QED) is 0.859. The Labute approximate surface area is 119 Å². The summed E-state index contributed by atoms with van der Waals surface area (Å²) in [6, 6.07) is 8.13. The predicted molar refractivity (Wildman–Crippen MR) is 77.1 cm³/mol. The number of hydrogen-bond donors (Lipinski definition) is 1. The van der Waals surface area contributed by atoms with Crippen LogP contribution in [0.15, 0.2) is 24.3 Å². The molecule has 0 radical (unpaired) electrons. The van der Waals surface area contributed by atoms with Crippen molar-refractivity contribution in [2.45, 2.75) is 45.4 Å². The number of carbonyl (C=O) groups excluding carboxylic acids is 2. The molecule has 1 aromatic rings. The lowest BCUT2D eigenvalue weighted by atomic mass is 9.65. The fourth-order valence-corrected chi connectivity index (χ4v) is 3.52. The standard InChI is InChI=1S/C17H21NO2/c1-11-3-7-13(8-4-11)15-16(20)18-14(19)10-17(15,2)9-12-5-6-12/h3-4,7-8,12,15H,5-6,9-10H2,1-2H3,(H,18,19,20). The Balaban J connectivity index is 1.96. The molecule has 2 amide bonds. The fraction of sp³-hybridized carbons (Fsp3) is 0.529. The van der Waals surface area contributed by atoms with Gasteiger partial charge in [0.25, 0.3) is 0 Å². The van der Waals surface area contributed by atoms with Crippen LogP contribution in [0.25, 0.3) is 0 Å². The normalized spacial score (nSPS) is 30.2. The average Bonchev–Trinajstić information content (AvgIpc) is 3.13. The largest absolute Gasteiger partial charge is 0.296 e. The number of carbonyl (C=O) groups is 2. The first-order valence-corrected chi connectivity index (χ1v) is 7.38. The predicted octanol–water partition coefficient (Wildman–Crippen LogP) is 2.93. The van der Waals surface area contributed by atoms with Gasteiger partial charge >= 0.3 is 0 Å². The van der Waals surface area contributed by atoms with Crippen LogP contribution >= 0.6 is 0 Å². The van der Waals surface area contributed by atoms with Gasteiger partial charge in [-0.2, -0.15) is 0 Å². The topological polar surface area (TPSA) is 46.2 Å². The number of amides is 2. The van der Waals surface area contributed by atoms with E-state index < -0.39 is 0 Å². The van der Waals surface area contributed by atoms with E-state index in [0.717, 1.165) is 12.0 Å². The summed E-state index contributed by atoms with van der Waals surface area (Å²) in [5.74, 6) is 0.239. The Morgan fingerprint density at radius 2 is 1.85 bits per heavy atom. The maximum Gasteiger partial charge on any atom is 0.234 e. The summed E-state index contributed by atoms with van der Waals surface area (Å²) in [4.78, 5) is 24.2. The van der Waals surface area contributed by atoms with Gasteiger partial charge in [-0.3, -0.25) is 14.9 Å². The third-order valence-electron chi connectivity index (χ3n) is 4.65. The second-order valence-electron chi connectivity index (χ2n) is 6.73. The van der Waals surface area contributed by atoms with Gasteiger partial charge in [0.2, 0.25) is 11.8 Å². The molecule has 1 saturated heterocycles. The highest BCUT2D eigenvalue weighted by atomic mass is 16.2. The molecule has 3 rings (SSSR count). The first-order valence-electron chi connectivity index (χ1n) is 7.38. The van der Waals surface area contributed by atoms with E-state index in [9.17, 15) is 9.59 Å². The van der Waals surface area contributed by atoms with E-state index in [4.69, 9.17) is 0 Å². The van der Waals surface area contributed by atoms with Crippen LogP contribution < -0.4 is 5.32 Å². The molecule has 1 N–H and O–H groups in total. The molecule has 3 nitrogen and oxygen atoms in total. The molecular weight excluding hydrogens is 250 g/mol. The number of hydrogen-bond acceptors (Lipinski definition) is 2. The van der Waals surface area contributed by atoms with E-state index in [2.05, 4.69) is 12.2 Å². The van der Waals surface area contributed by atoms with Crippen LogP contribution in [-0.4, -0.2) is 11.8 Å². The third kappa shape index (κ3) is 2.49. The van der Waals surface area contributed by atoms with Gasteiger partial charge < -0.3 is 0 Å². The van der Waals surface area contributed by atoms with E-state index in [1.807, 2.05) is 31.2 Å². The van der Waals surface area contributed by atoms with Crippen molar-refractivity contribution >= 4 is 11.8 Å². The lowest BCUT2D eigenvalue weighted by Crippen LogP contribution is -2.49. The molecule has 20 heavy (non-hydrogen) atoms. The third-order valence-corrected chi connectivity index (χ3v) is 4.65. The van der Waals surface area contributed by atoms with Gasteiger partial charge in [-0.1, -0.05) is 49.6 Å². The van der Waals surface area contributed by atoms with Crippen LogP contribution in [0.4, 0.5) is 0 Å². The van der Waals surface area contributed by atoms with Crippen molar-refractivity contribution in [3.63, 3.8) is 0 Å². The van der Waals surface area contributed by atoms with Crippen molar-refractivity contribution in [2.75, 3.05) is 0 Å². The summed E-state index contributed by atoms with van der Waals surface area (Å²) in [6.45, 7) is 4.14. The van der Waals surface area contributed by atoms with Crippen LogP contribution in [0.2, 0.25) is 0 Å². The summed E-state index contributed by atoms with van der Waals surface area (Å²) in [7, 11) is 0. The van der Waals surface area contributed by atoms with Crippen LogP contribution in [-0.2, 0) is 9.59 Å². The SMILES string of the molecule is Cc1ccc(C2C(=O)NC(=O)CC2(C)CC2CC2)cc1. The molecule has 0 bridgehead atoms. The van der Waals surface area contributed by atoms with Gasteiger partial charge in [0.15, 0.2) is 0 Å². The molecule has 0 aromatic heterocycles. The highest BCUT2D eigenvalue weighted by Gasteiger charge is 2.48. The maximum atomic E-state index is 12.4. The molecule has 3 heteroatoms. The maximum absolute atomic E-state index is 12.4. The first kappa shape index (κ1) is 13.3. The highest BCUT2D eigenvalue weighted by Crippen LogP contribution is 2.50. The molecule has 1 heterocycles. The smallest absolute Gasteiger partial charge is 0.234 e. The minimum atomic E-state index is -0.240. The van der Waals surface area contributed by atoms with Gasteiger partial charge in [-0.05, 0) is 30.2 Å². The van der Waals surface area contributed by atoms with Gasteiger partial charge in [-0.25, -0.2) is 0 Å². The van der Waals surface area contributed by atoms with E-state index in [1.165, 1.54) is 18.4 Å². The van der Waals surface area contributed by atoms with Crippen LogP contribution in [0.1, 0.15) is 49.7 Å². The van der Waals surface area contributed by atoms with Crippen LogP contribution in [0.3, 0.4) is 0 Å². The van der Waals surface area contributed by atoms with E-state index in [1.54, 1.807) is 0 Å². The zero-order valence-electron chi connectivity index (χ0n) is 12.1. The van der Waals surface area contributed by atoms with Gasteiger partial charge in [0, 0.05) is 6.42 Å². The second-order valence-corrected chi connectivity index (χ2v) is 6.73. The molecule has 2 fully saturated rings. The Hall–Kier alpha value is -1.64. The van der Waals surface area contributed by atoms with Gasteiger partial charge in [0.1, 0.15) is 0 Å². The van der Waals surface area contributed by atoms with Gasteiger partial charge in [-0.15, -0.1) is 0 Å². The summed E-state index contributed by atoms with van der Waals surface area (Å²) >= 11 is 0. The van der Waals surface area contributed by atoms with Gasteiger partial charge in [0.05, 0.1) is 5.92 Å². The van der Waals surface area contributed by atoms with Crippen molar-refractivity contribution < 1.29 is 9.59 Å². The molecule has 2 aliphatic rings.